The van der Waals surface area contributed by atoms with Gasteiger partial charge in [-0.05, 0) is 30.0 Å². The maximum absolute atomic E-state index is 13.2. The van der Waals surface area contributed by atoms with Crippen molar-refractivity contribution in [2.45, 2.75) is 32.6 Å². The summed E-state index contributed by atoms with van der Waals surface area (Å²) in [6.07, 6.45) is 0. The van der Waals surface area contributed by atoms with Crippen LogP contribution in [-0.2, 0) is 24.1 Å². The van der Waals surface area contributed by atoms with Crippen molar-refractivity contribution < 1.29 is 8.42 Å². The predicted octanol–water partition coefficient (Wildman–Crippen LogP) is 1.54. The molecule has 0 radical (unpaired) electrons. The molecule has 0 aliphatic carbocycles. The van der Waals surface area contributed by atoms with E-state index in [1.807, 2.05) is 27.7 Å². The fourth-order valence-electron chi connectivity index (χ4n) is 2.96. The molecule has 7 nitrogen and oxygen atoms in total. The summed E-state index contributed by atoms with van der Waals surface area (Å²) in [5, 5.41) is 0. The first-order valence-electron chi connectivity index (χ1n) is 8.66. The minimum absolute atomic E-state index is 0.125. The molecular formula is C18H27N3O4S. The molecule has 0 atom stereocenters. The third-order valence-corrected chi connectivity index (χ3v) is 6.06. The highest BCUT2D eigenvalue weighted by molar-refractivity contribution is 7.89. The van der Waals surface area contributed by atoms with Crippen molar-refractivity contribution in [2.75, 3.05) is 13.1 Å². The average molecular weight is 381 g/mol. The standard InChI is InChI=1S/C18H27N3O4S/c1-12(2)10-21(11-13(3)4)26(24,25)14-7-8-15-16(9-14)20(6)18(23)17(22)19(15)5/h7-9,12-13H,10-11H2,1-6H3. The van der Waals surface area contributed by atoms with E-state index in [0.717, 1.165) is 0 Å². The molecule has 0 unspecified atom stereocenters. The molecule has 0 fully saturated rings. The second kappa shape index (κ2) is 7.36. The molecule has 0 bridgehead atoms. The van der Waals surface area contributed by atoms with Gasteiger partial charge in [-0.1, -0.05) is 27.7 Å². The minimum Gasteiger partial charge on any atom is -0.305 e. The van der Waals surface area contributed by atoms with Gasteiger partial charge in [-0.25, -0.2) is 8.42 Å². The minimum atomic E-state index is -3.70. The van der Waals surface area contributed by atoms with Gasteiger partial charge in [0, 0.05) is 27.2 Å². The van der Waals surface area contributed by atoms with Gasteiger partial charge in [0.1, 0.15) is 0 Å². The van der Waals surface area contributed by atoms with Crippen molar-refractivity contribution in [1.29, 1.82) is 0 Å². The molecule has 1 heterocycles. The number of nitrogens with zero attached hydrogens (tertiary/aromatic N) is 3. The monoisotopic (exact) mass is 381 g/mol. The zero-order chi connectivity index (χ0) is 19.8. The molecule has 0 saturated carbocycles. The van der Waals surface area contributed by atoms with Gasteiger partial charge in [0.2, 0.25) is 10.0 Å². The van der Waals surface area contributed by atoms with Crippen LogP contribution in [0.2, 0.25) is 0 Å². The highest BCUT2D eigenvalue weighted by atomic mass is 32.2. The summed E-state index contributed by atoms with van der Waals surface area (Å²) in [5.41, 5.74) is -0.407. The molecule has 0 spiro atoms. The number of sulfonamides is 1. The molecule has 0 aliphatic rings. The Labute approximate surface area is 153 Å². The quantitative estimate of drug-likeness (QED) is 0.711. The van der Waals surface area contributed by atoms with Crippen molar-refractivity contribution in [3.8, 4) is 0 Å². The Morgan fingerprint density at radius 3 is 1.81 bits per heavy atom. The third-order valence-electron chi connectivity index (χ3n) is 4.24. The summed E-state index contributed by atoms with van der Waals surface area (Å²) in [6.45, 7) is 8.74. The lowest BCUT2D eigenvalue weighted by Crippen LogP contribution is -2.39. The lowest BCUT2D eigenvalue weighted by molar-refractivity contribution is 0.333. The Bertz CT molecular complexity index is 1020. The van der Waals surface area contributed by atoms with Crippen LogP contribution in [0.25, 0.3) is 11.0 Å². The van der Waals surface area contributed by atoms with Crippen LogP contribution >= 0.6 is 0 Å². The van der Waals surface area contributed by atoms with Gasteiger partial charge in [0.15, 0.2) is 0 Å². The van der Waals surface area contributed by atoms with Gasteiger partial charge in [0.25, 0.3) is 0 Å². The first-order chi connectivity index (χ1) is 12.0. The van der Waals surface area contributed by atoms with E-state index < -0.39 is 21.1 Å². The lowest BCUT2D eigenvalue weighted by Gasteiger charge is -2.26. The first kappa shape index (κ1) is 20.4. The zero-order valence-electron chi connectivity index (χ0n) is 16.2. The van der Waals surface area contributed by atoms with Gasteiger partial charge in [-0.2, -0.15) is 4.31 Å². The number of aromatic nitrogens is 2. The van der Waals surface area contributed by atoms with E-state index in [0.29, 0.717) is 24.1 Å². The second-order valence-electron chi connectivity index (χ2n) is 7.49. The van der Waals surface area contributed by atoms with E-state index >= 15 is 0 Å². The van der Waals surface area contributed by atoms with E-state index in [1.54, 1.807) is 6.07 Å². The summed E-state index contributed by atoms with van der Waals surface area (Å²) in [7, 11) is -0.726. The molecule has 0 N–H and O–H groups in total. The molecular weight excluding hydrogens is 354 g/mol. The van der Waals surface area contributed by atoms with E-state index in [-0.39, 0.29) is 16.7 Å². The van der Waals surface area contributed by atoms with E-state index in [1.165, 1.54) is 39.7 Å². The van der Waals surface area contributed by atoms with Crippen molar-refractivity contribution in [2.24, 2.45) is 25.9 Å². The van der Waals surface area contributed by atoms with E-state index in [9.17, 15) is 18.0 Å². The number of fused-ring (bicyclic) bond motifs is 1. The number of benzene rings is 1. The molecule has 26 heavy (non-hydrogen) atoms. The molecule has 0 aliphatic heterocycles. The van der Waals surface area contributed by atoms with Crippen LogP contribution in [0.15, 0.2) is 32.7 Å². The van der Waals surface area contributed by atoms with Crippen LogP contribution in [-0.4, -0.2) is 34.9 Å². The van der Waals surface area contributed by atoms with Crippen molar-refractivity contribution in [3.63, 3.8) is 0 Å². The van der Waals surface area contributed by atoms with Crippen molar-refractivity contribution in [1.82, 2.24) is 13.4 Å². The van der Waals surface area contributed by atoms with Gasteiger partial charge in [0.05, 0.1) is 15.9 Å². The maximum Gasteiger partial charge on any atom is 0.316 e. The predicted molar refractivity (Wildman–Crippen MR) is 103 cm³/mol. The summed E-state index contributed by atoms with van der Waals surface area (Å²) in [4.78, 5) is 24.1. The summed E-state index contributed by atoms with van der Waals surface area (Å²) in [6, 6.07) is 4.54. The molecule has 144 valence electrons. The lowest BCUT2D eigenvalue weighted by atomic mass is 10.2. The van der Waals surface area contributed by atoms with E-state index in [4.69, 9.17) is 0 Å². The molecule has 1 aromatic heterocycles. The van der Waals surface area contributed by atoms with Gasteiger partial charge >= 0.3 is 11.1 Å². The first-order valence-corrected chi connectivity index (χ1v) is 10.1. The highest BCUT2D eigenvalue weighted by Gasteiger charge is 2.26. The van der Waals surface area contributed by atoms with Crippen LogP contribution in [0.4, 0.5) is 0 Å². The normalized spacial score (nSPS) is 12.7. The number of hydrogen-bond acceptors (Lipinski definition) is 4. The van der Waals surface area contributed by atoms with Crippen LogP contribution in [0.1, 0.15) is 27.7 Å². The summed E-state index contributed by atoms with van der Waals surface area (Å²) < 4.78 is 30.3. The Kier molecular flexibility index (Phi) is 5.77. The third kappa shape index (κ3) is 3.76. The molecule has 2 aromatic rings. The SMILES string of the molecule is CC(C)CN(CC(C)C)S(=O)(=O)c1ccc2c(c1)n(C)c(=O)c(=O)n2C. The molecule has 1 aromatic carbocycles. The molecule has 2 rings (SSSR count). The summed E-state index contributed by atoms with van der Waals surface area (Å²) >= 11 is 0. The van der Waals surface area contributed by atoms with Gasteiger partial charge < -0.3 is 9.13 Å². The van der Waals surface area contributed by atoms with Gasteiger partial charge in [-0.15, -0.1) is 0 Å². The van der Waals surface area contributed by atoms with Gasteiger partial charge in [-0.3, -0.25) is 9.59 Å². The van der Waals surface area contributed by atoms with Crippen molar-refractivity contribution >= 4 is 21.1 Å². The van der Waals surface area contributed by atoms with Crippen LogP contribution < -0.4 is 11.1 Å². The molecule has 0 amide bonds. The number of aryl methyl sites for hydroxylation is 2. The Morgan fingerprint density at radius 1 is 0.885 bits per heavy atom. The smallest absolute Gasteiger partial charge is 0.305 e. The second-order valence-corrected chi connectivity index (χ2v) is 9.43. The topological polar surface area (TPSA) is 81.4 Å². The summed E-state index contributed by atoms with van der Waals surface area (Å²) in [5.74, 6) is 0.378. The van der Waals surface area contributed by atoms with Crippen molar-refractivity contribution in [3.05, 3.63) is 38.9 Å². The van der Waals surface area contributed by atoms with Crippen LogP contribution in [0.3, 0.4) is 0 Å². The van der Waals surface area contributed by atoms with Crippen LogP contribution in [0.5, 0.6) is 0 Å². The zero-order valence-corrected chi connectivity index (χ0v) is 17.0. The molecule has 8 heteroatoms. The van der Waals surface area contributed by atoms with Crippen LogP contribution in [0, 0.1) is 11.8 Å². The largest absolute Gasteiger partial charge is 0.316 e. The average Bonchev–Trinajstić information content (AvgIpc) is 2.56. The Balaban J connectivity index is 2.68. The fraction of sp³-hybridized carbons (Fsp3) is 0.556. The maximum atomic E-state index is 13.2. The Hall–Kier alpha value is -1.93. The number of rotatable bonds is 6. The number of hydrogen-bond donors (Lipinski definition) is 0. The van der Waals surface area contributed by atoms with E-state index in [2.05, 4.69) is 0 Å². The highest BCUT2D eigenvalue weighted by Crippen LogP contribution is 2.22. The fourth-order valence-corrected chi connectivity index (χ4v) is 4.74. The molecule has 0 saturated heterocycles. The Morgan fingerprint density at radius 2 is 1.35 bits per heavy atom.